The summed E-state index contributed by atoms with van der Waals surface area (Å²) in [5, 5.41) is 31.2. The lowest BCUT2D eigenvalue weighted by molar-refractivity contribution is -0.211. The summed E-state index contributed by atoms with van der Waals surface area (Å²) >= 11 is 0. The van der Waals surface area contributed by atoms with Crippen LogP contribution in [-0.2, 0) is 23.8 Å². The van der Waals surface area contributed by atoms with Crippen LogP contribution in [0.3, 0.4) is 0 Å². The minimum absolute atomic E-state index is 0.0261. The third-order valence-electron chi connectivity index (χ3n) is 5.62. The summed E-state index contributed by atoms with van der Waals surface area (Å²) in [4.78, 5) is 24.4. The molecule has 6 unspecified atom stereocenters. The molecule has 0 spiro atoms. The standard InChI is InChI=1S/C19H26O8/c1-9(2)16(22)26-13-6-18(4)14(21)7-19(24,27-18)11(8-20)5-12-15(13)10(3)17(23)25-12/h5,9,12-15,20-21,24H,3,6-8H2,1-2,4H3. The summed E-state index contributed by atoms with van der Waals surface area (Å²) in [7, 11) is 0. The van der Waals surface area contributed by atoms with Gasteiger partial charge in [-0.2, -0.15) is 0 Å². The summed E-state index contributed by atoms with van der Waals surface area (Å²) < 4.78 is 16.8. The van der Waals surface area contributed by atoms with Gasteiger partial charge in [-0.25, -0.2) is 4.79 Å². The lowest BCUT2D eigenvalue weighted by Gasteiger charge is -2.34. The van der Waals surface area contributed by atoms with Crippen molar-refractivity contribution in [2.24, 2.45) is 11.8 Å². The van der Waals surface area contributed by atoms with Crippen molar-refractivity contribution in [1.29, 1.82) is 0 Å². The smallest absolute Gasteiger partial charge is 0.334 e. The normalized spacial score (nSPS) is 41.4. The highest BCUT2D eigenvalue weighted by Gasteiger charge is 2.58. The van der Waals surface area contributed by atoms with E-state index in [1.54, 1.807) is 20.8 Å². The maximum absolute atomic E-state index is 12.3. The van der Waals surface area contributed by atoms with Crippen LogP contribution < -0.4 is 0 Å². The summed E-state index contributed by atoms with van der Waals surface area (Å²) in [6.45, 7) is 8.19. The molecule has 2 saturated heterocycles. The van der Waals surface area contributed by atoms with Gasteiger partial charge in [-0.1, -0.05) is 20.4 Å². The van der Waals surface area contributed by atoms with Crippen molar-refractivity contribution in [3.63, 3.8) is 0 Å². The summed E-state index contributed by atoms with van der Waals surface area (Å²) in [6, 6.07) is 0. The Morgan fingerprint density at radius 3 is 2.70 bits per heavy atom. The molecular formula is C19H26O8. The monoisotopic (exact) mass is 382 g/mol. The van der Waals surface area contributed by atoms with Crippen LogP contribution in [0.1, 0.15) is 33.6 Å². The Hall–Kier alpha value is -1.74. The SMILES string of the molecule is C=C1C(=O)OC2C=C(CO)C3(O)CC(O)C(C)(CC(OC(=O)C(C)C)C12)O3. The van der Waals surface area contributed by atoms with Crippen molar-refractivity contribution in [3.05, 3.63) is 23.8 Å². The van der Waals surface area contributed by atoms with E-state index in [1.165, 1.54) is 6.08 Å². The molecule has 0 amide bonds. The van der Waals surface area contributed by atoms with E-state index in [2.05, 4.69) is 6.58 Å². The largest absolute Gasteiger partial charge is 0.461 e. The molecule has 3 N–H and O–H groups in total. The molecule has 0 saturated carbocycles. The molecular weight excluding hydrogens is 356 g/mol. The molecule has 3 heterocycles. The number of esters is 2. The molecule has 0 aromatic heterocycles. The zero-order valence-corrected chi connectivity index (χ0v) is 15.7. The number of hydrogen-bond acceptors (Lipinski definition) is 8. The molecule has 8 heteroatoms. The molecule has 0 aliphatic carbocycles. The Morgan fingerprint density at radius 2 is 2.11 bits per heavy atom. The minimum Gasteiger partial charge on any atom is -0.461 e. The maximum Gasteiger partial charge on any atom is 0.334 e. The highest BCUT2D eigenvalue weighted by atomic mass is 16.7. The number of ether oxygens (including phenoxy) is 3. The van der Waals surface area contributed by atoms with Gasteiger partial charge in [-0.05, 0) is 13.0 Å². The minimum atomic E-state index is -1.90. The van der Waals surface area contributed by atoms with Crippen LogP contribution in [-0.4, -0.2) is 63.6 Å². The maximum atomic E-state index is 12.3. The lowest BCUT2D eigenvalue weighted by atomic mass is 9.80. The molecule has 150 valence electrons. The predicted octanol–water partition coefficient (Wildman–Crippen LogP) is 0.203. The van der Waals surface area contributed by atoms with E-state index in [4.69, 9.17) is 14.2 Å². The zero-order valence-electron chi connectivity index (χ0n) is 15.7. The Kier molecular flexibility index (Phi) is 4.96. The van der Waals surface area contributed by atoms with Crippen molar-refractivity contribution in [2.75, 3.05) is 6.61 Å². The average Bonchev–Trinajstić information content (AvgIpc) is 2.98. The molecule has 3 aliphatic rings. The van der Waals surface area contributed by atoms with Gasteiger partial charge in [0.05, 0.1) is 30.1 Å². The van der Waals surface area contributed by atoms with Crippen molar-refractivity contribution in [1.82, 2.24) is 0 Å². The Balaban J connectivity index is 2.09. The van der Waals surface area contributed by atoms with Gasteiger partial charge in [-0.15, -0.1) is 0 Å². The van der Waals surface area contributed by atoms with Crippen molar-refractivity contribution in [2.45, 2.75) is 63.3 Å². The van der Waals surface area contributed by atoms with Crippen LogP contribution >= 0.6 is 0 Å². The molecule has 0 radical (unpaired) electrons. The molecule has 3 rings (SSSR count). The van der Waals surface area contributed by atoms with Crippen LogP contribution in [0, 0.1) is 11.8 Å². The first-order valence-electron chi connectivity index (χ1n) is 9.03. The quantitative estimate of drug-likeness (QED) is 0.360. The summed E-state index contributed by atoms with van der Waals surface area (Å²) in [6.07, 6.45) is -1.53. The van der Waals surface area contributed by atoms with Crippen molar-refractivity contribution in [3.8, 4) is 0 Å². The predicted molar refractivity (Wildman–Crippen MR) is 92.1 cm³/mol. The Bertz CT molecular complexity index is 698. The zero-order chi connectivity index (χ0) is 20.1. The van der Waals surface area contributed by atoms with Crippen LogP contribution in [0.25, 0.3) is 0 Å². The van der Waals surface area contributed by atoms with Crippen LogP contribution in [0.2, 0.25) is 0 Å². The third-order valence-corrected chi connectivity index (χ3v) is 5.62. The van der Waals surface area contributed by atoms with Gasteiger partial charge in [0, 0.05) is 24.0 Å². The molecule has 27 heavy (non-hydrogen) atoms. The fourth-order valence-electron chi connectivity index (χ4n) is 3.96. The fourth-order valence-corrected chi connectivity index (χ4v) is 3.96. The molecule has 0 aromatic carbocycles. The summed E-state index contributed by atoms with van der Waals surface area (Å²) in [5.74, 6) is -4.11. The lowest BCUT2D eigenvalue weighted by Crippen LogP contribution is -2.45. The molecule has 0 aromatic rings. The molecule has 2 fully saturated rings. The van der Waals surface area contributed by atoms with E-state index in [9.17, 15) is 24.9 Å². The van der Waals surface area contributed by atoms with Crippen molar-refractivity contribution < 1.29 is 39.1 Å². The molecule has 8 nitrogen and oxygen atoms in total. The van der Waals surface area contributed by atoms with Gasteiger partial charge < -0.3 is 29.5 Å². The number of fused-ring (bicyclic) bond motifs is 3. The second kappa shape index (κ2) is 6.70. The van der Waals surface area contributed by atoms with Gasteiger partial charge in [0.1, 0.15) is 12.2 Å². The van der Waals surface area contributed by atoms with Gasteiger partial charge >= 0.3 is 11.9 Å². The number of hydrogen-bond donors (Lipinski definition) is 3. The first-order valence-corrected chi connectivity index (χ1v) is 9.03. The second-order valence-corrected chi connectivity index (χ2v) is 8.02. The Labute approximate surface area is 157 Å². The molecule has 6 atom stereocenters. The van der Waals surface area contributed by atoms with E-state index in [0.29, 0.717) is 0 Å². The number of rotatable bonds is 3. The van der Waals surface area contributed by atoms with Gasteiger partial charge in [0.15, 0.2) is 5.79 Å². The second-order valence-electron chi connectivity index (χ2n) is 8.02. The van der Waals surface area contributed by atoms with Gasteiger partial charge in [0.2, 0.25) is 0 Å². The van der Waals surface area contributed by atoms with Crippen molar-refractivity contribution >= 4 is 11.9 Å². The fraction of sp³-hybridized carbons (Fsp3) is 0.684. The van der Waals surface area contributed by atoms with Crippen LogP contribution in [0.4, 0.5) is 0 Å². The number of aliphatic hydroxyl groups is 3. The first-order chi connectivity index (χ1) is 12.5. The number of carbonyl (C=O) groups is 2. The highest BCUT2D eigenvalue weighted by Crippen LogP contribution is 2.48. The van der Waals surface area contributed by atoms with E-state index in [1.807, 2.05) is 0 Å². The van der Waals surface area contributed by atoms with E-state index in [-0.39, 0.29) is 24.0 Å². The van der Waals surface area contributed by atoms with Gasteiger partial charge in [-0.3, -0.25) is 4.79 Å². The van der Waals surface area contributed by atoms with Crippen LogP contribution in [0.15, 0.2) is 23.8 Å². The topological polar surface area (TPSA) is 123 Å². The van der Waals surface area contributed by atoms with Gasteiger partial charge in [0.25, 0.3) is 0 Å². The first kappa shape index (κ1) is 20.0. The average molecular weight is 382 g/mol. The summed E-state index contributed by atoms with van der Waals surface area (Å²) in [5.41, 5.74) is -1.04. The van der Waals surface area contributed by atoms with E-state index in [0.717, 1.165) is 0 Å². The van der Waals surface area contributed by atoms with E-state index < -0.39 is 60.1 Å². The molecule has 3 aliphatic heterocycles. The van der Waals surface area contributed by atoms with E-state index >= 15 is 0 Å². The Morgan fingerprint density at radius 1 is 1.44 bits per heavy atom. The van der Waals surface area contributed by atoms with Crippen LogP contribution in [0.5, 0.6) is 0 Å². The highest BCUT2D eigenvalue weighted by molar-refractivity contribution is 5.91. The number of carbonyl (C=O) groups excluding carboxylic acids is 2. The molecule has 2 bridgehead atoms. The number of aliphatic hydroxyl groups excluding tert-OH is 2. The third kappa shape index (κ3) is 3.31.